The zero-order valence-corrected chi connectivity index (χ0v) is 23.7. The van der Waals surface area contributed by atoms with Crippen molar-refractivity contribution in [3.8, 4) is 0 Å². The van der Waals surface area contributed by atoms with Crippen molar-refractivity contribution in [3.63, 3.8) is 0 Å². The molecule has 0 aliphatic heterocycles. The number of rotatable bonds is 1. The number of carbonyl (C=O) groups is 2. The number of hydrogen-bond donors (Lipinski definition) is 3. The third kappa shape index (κ3) is 9.10. The Bertz CT molecular complexity index is 1090. The molecule has 2 aliphatic rings. The number of Topliss-reactive ketones (excluding diaryl/α,β-unsaturated/α-hetero) is 2. The molecule has 2 unspecified atom stereocenters. The molecular formula is C12H6Cl7NaO10S2. The summed E-state index contributed by atoms with van der Waals surface area (Å²) >= 11 is 37.8. The predicted molar refractivity (Wildman–Crippen MR) is 113 cm³/mol. The van der Waals surface area contributed by atoms with Gasteiger partial charge in [-0.05, 0) is 0 Å². The molecule has 32 heavy (non-hydrogen) atoms. The maximum atomic E-state index is 11.0. The molecule has 10 nitrogen and oxygen atoms in total. The molecule has 2 aliphatic carbocycles. The fourth-order valence-electron chi connectivity index (χ4n) is 1.61. The Balaban J connectivity index is -0.000000452. The number of aliphatic hydroxyl groups is 2. The quantitative estimate of drug-likeness (QED) is 0.189. The largest absolute Gasteiger partial charge is 1.00 e. The first-order valence-electron chi connectivity index (χ1n) is 6.62. The molecule has 20 heteroatoms. The Morgan fingerprint density at radius 1 is 0.688 bits per heavy atom. The summed E-state index contributed by atoms with van der Waals surface area (Å²) in [4.78, 5) is 21.0. The minimum atomic E-state index is -4.75. The van der Waals surface area contributed by atoms with Crippen LogP contribution in [0.4, 0.5) is 0 Å². The summed E-state index contributed by atoms with van der Waals surface area (Å²) in [5.74, 6) is -1.46. The van der Waals surface area contributed by atoms with E-state index in [1.54, 1.807) is 0 Å². The van der Waals surface area contributed by atoms with Crippen LogP contribution in [0.2, 0.25) is 0 Å². The Labute approximate surface area is 239 Å². The van der Waals surface area contributed by atoms with Gasteiger partial charge in [0.25, 0.3) is 10.1 Å². The van der Waals surface area contributed by atoms with Crippen LogP contribution in [0.25, 0.3) is 0 Å². The van der Waals surface area contributed by atoms with Crippen molar-refractivity contribution in [1.82, 2.24) is 0 Å². The van der Waals surface area contributed by atoms with Gasteiger partial charge in [0.2, 0.25) is 11.6 Å². The molecule has 0 radical (unpaired) electrons. The monoisotopic (exact) mass is 642 g/mol. The zero-order valence-electron chi connectivity index (χ0n) is 15.8. The summed E-state index contributed by atoms with van der Waals surface area (Å²) in [6.45, 7) is 0. The summed E-state index contributed by atoms with van der Waals surface area (Å²) < 4.78 is 55.7. The van der Waals surface area contributed by atoms with Crippen LogP contribution >= 0.6 is 81.2 Å². The zero-order chi connectivity index (χ0) is 25.0. The van der Waals surface area contributed by atoms with Gasteiger partial charge in [-0.15, -0.1) is 12.6 Å². The maximum Gasteiger partial charge on any atom is 1.00 e. The van der Waals surface area contributed by atoms with E-state index in [9.17, 15) is 28.2 Å². The third-order valence-electron chi connectivity index (χ3n) is 2.89. The molecule has 2 atom stereocenters. The van der Waals surface area contributed by atoms with Crippen molar-refractivity contribution < 1.29 is 76.4 Å². The molecule has 0 saturated carbocycles. The number of aliphatic hydroxyl groups excluding tert-OH is 2. The van der Waals surface area contributed by atoms with E-state index in [1.165, 1.54) is 0 Å². The Hall–Kier alpha value is 0.780. The van der Waals surface area contributed by atoms with Crippen molar-refractivity contribution in [1.29, 1.82) is 0 Å². The van der Waals surface area contributed by atoms with E-state index < -0.39 is 79.6 Å². The van der Waals surface area contributed by atoms with E-state index in [0.717, 1.165) is 0 Å². The van der Waals surface area contributed by atoms with Crippen LogP contribution in [-0.2, 0) is 30.3 Å². The minimum Gasteiger partial charge on any atom is -1.00 e. The molecule has 2 rings (SSSR count). The number of hydrogen-bond acceptors (Lipinski definition) is 9. The third-order valence-corrected chi connectivity index (χ3v) is 6.97. The van der Waals surface area contributed by atoms with Crippen LogP contribution in [-0.4, -0.2) is 59.6 Å². The molecule has 0 aromatic heterocycles. The summed E-state index contributed by atoms with van der Waals surface area (Å²) in [7, 11) is -7.86. The fraction of sp³-hybridized carbons (Fsp3) is 0.167. The van der Waals surface area contributed by atoms with Crippen molar-refractivity contribution in [3.05, 3.63) is 40.1 Å². The molecule has 0 heterocycles. The van der Waals surface area contributed by atoms with E-state index in [0.29, 0.717) is 0 Å². The van der Waals surface area contributed by atoms with Crippen molar-refractivity contribution in [2.24, 2.45) is 0 Å². The van der Waals surface area contributed by atoms with E-state index in [2.05, 4.69) is 0 Å². The summed E-state index contributed by atoms with van der Waals surface area (Å²) in [5.41, 5.74) is 0. The molecule has 176 valence electrons. The first-order chi connectivity index (χ1) is 13.9. The van der Waals surface area contributed by atoms with Gasteiger partial charge < -0.3 is 11.6 Å². The second-order valence-corrected chi connectivity index (χ2v) is 9.34. The predicted octanol–water partition coefficient (Wildman–Crippen LogP) is -0.622. The molecule has 0 amide bonds. The number of halogens is 7. The summed E-state index contributed by atoms with van der Waals surface area (Å²) in [5, 5.41) is 15.5. The van der Waals surface area contributed by atoms with Gasteiger partial charge in [-0.1, -0.05) is 81.2 Å². The SMILES string of the molecule is O=C1C(Cl)=C(Cl)C(=O)C(Cl)=C1Cl.O=S(=O)(O)C1=C(Cl)C(O)C(Cl)=C(Cl)C1O.O=S(=O)=O.[H-].[Na+]. The van der Waals surface area contributed by atoms with Gasteiger partial charge in [-0.2, -0.15) is 8.42 Å². The van der Waals surface area contributed by atoms with Gasteiger partial charge in [0.15, 0.2) is 0 Å². The standard InChI is InChI=1S/C6Cl4O2.C6H5Cl3O5S.Na.O3S.H/c7-1-2(8)6(12)4(10)3(9)5(1)11;7-1-2(8)5(11)6(15(12,13)14)3(9)4(1)10;;1-4(2)3;/h;4-5,10-11H,(H,12,13,14);;;/q;;+1;;-1. The van der Waals surface area contributed by atoms with Crippen LogP contribution in [0.15, 0.2) is 40.1 Å². The average Bonchev–Trinajstić information content (AvgIpc) is 2.65. The van der Waals surface area contributed by atoms with Crippen LogP contribution < -0.4 is 29.6 Å². The molecular weight excluding hydrogens is 639 g/mol. The average molecular weight is 645 g/mol. The molecule has 0 bridgehead atoms. The first kappa shape index (κ1) is 34.9. The minimum absolute atomic E-state index is 0. The smallest absolute Gasteiger partial charge is 1.00 e. The molecule has 0 aromatic carbocycles. The van der Waals surface area contributed by atoms with Crippen LogP contribution in [0.3, 0.4) is 0 Å². The molecule has 0 aromatic rings. The van der Waals surface area contributed by atoms with Gasteiger partial charge in [0, 0.05) is 0 Å². The van der Waals surface area contributed by atoms with Gasteiger partial charge >= 0.3 is 40.2 Å². The summed E-state index contributed by atoms with van der Waals surface area (Å²) in [6, 6.07) is 0. The van der Waals surface area contributed by atoms with Crippen LogP contribution in [0.1, 0.15) is 1.43 Å². The number of carbonyl (C=O) groups excluding carboxylic acids is 2. The molecule has 3 N–H and O–H groups in total. The Morgan fingerprint density at radius 3 is 1.19 bits per heavy atom. The normalized spacial score (nSPS) is 21.4. The topological polar surface area (TPSA) is 180 Å². The van der Waals surface area contributed by atoms with Crippen molar-refractivity contribution in [2.75, 3.05) is 0 Å². The molecule has 0 saturated heterocycles. The van der Waals surface area contributed by atoms with Crippen LogP contribution in [0.5, 0.6) is 0 Å². The second-order valence-electron chi connectivity index (χ2n) is 4.81. The van der Waals surface area contributed by atoms with Gasteiger partial charge in [-0.25, -0.2) is 0 Å². The fourth-order valence-corrected chi connectivity index (χ4v) is 4.24. The van der Waals surface area contributed by atoms with E-state index in [4.69, 9.17) is 98.4 Å². The Kier molecular flexibility index (Phi) is 15.7. The van der Waals surface area contributed by atoms with E-state index >= 15 is 0 Å². The number of ketones is 2. The van der Waals surface area contributed by atoms with E-state index in [-0.39, 0.29) is 36.0 Å². The second kappa shape index (κ2) is 14.4. The summed E-state index contributed by atoms with van der Waals surface area (Å²) in [6.07, 6.45) is -3.54. The Morgan fingerprint density at radius 2 is 0.938 bits per heavy atom. The van der Waals surface area contributed by atoms with E-state index in [1.807, 2.05) is 0 Å². The molecule has 0 fully saturated rings. The first-order valence-corrected chi connectivity index (χ1v) is 11.7. The number of allylic oxidation sites excluding steroid dienone is 4. The van der Waals surface area contributed by atoms with Crippen LogP contribution in [0, 0.1) is 0 Å². The maximum absolute atomic E-state index is 11.0. The van der Waals surface area contributed by atoms with Crippen molar-refractivity contribution >= 4 is 113 Å². The van der Waals surface area contributed by atoms with Gasteiger partial charge in [-0.3, -0.25) is 14.1 Å². The van der Waals surface area contributed by atoms with Gasteiger partial charge in [0.05, 0.1) is 15.1 Å². The van der Waals surface area contributed by atoms with Crippen molar-refractivity contribution in [2.45, 2.75) is 12.2 Å². The molecule has 0 spiro atoms. The van der Waals surface area contributed by atoms with Gasteiger partial charge in [0.1, 0.15) is 37.2 Å².